The fourth-order valence-corrected chi connectivity index (χ4v) is 2.26. The highest BCUT2D eigenvalue weighted by atomic mass is 32.2. The van der Waals surface area contributed by atoms with Crippen LogP contribution in [0.1, 0.15) is 5.69 Å². The minimum absolute atomic E-state index is 0.699. The molecule has 5 nitrogen and oxygen atoms in total. The first-order valence-corrected chi connectivity index (χ1v) is 5.25. The quantitative estimate of drug-likeness (QED) is 0.749. The fourth-order valence-electron chi connectivity index (χ4n) is 1.41. The number of nitrogens with one attached hydrogen (secondary N) is 1. The SMILES string of the molecule is c1nc(C2=NCCS2)c2[nH]cnc2n1. The lowest BCUT2D eigenvalue weighted by atomic mass is 10.4. The zero-order chi connectivity index (χ0) is 9.38. The number of H-pyrrole nitrogens is 1. The second kappa shape index (κ2) is 3.06. The third-order valence-corrected chi connectivity index (χ3v) is 2.99. The van der Waals surface area contributed by atoms with Crippen molar-refractivity contribution in [1.29, 1.82) is 0 Å². The lowest BCUT2D eigenvalue weighted by Crippen LogP contribution is -1.98. The van der Waals surface area contributed by atoms with E-state index in [2.05, 4.69) is 24.9 Å². The number of aromatic amines is 1. The number of rotatable bonds is 1. The molecule has 0 aromatic carbocycles. The topological polar surface area (TPSA) is 66.8 Å². The first-order chi connectivity index (χ1) is 6.95. The summed E-state index contributed by atoms with van der Waals surface area (Å²) >= 11 is 1.73. The Morgan fingerprint density at radius 2 is 2.29 bits per heavy atom. The van der Waals surface area contributed by atoms with Gasteiger partial charge in [0.15, 0.2) is 5.65 Å². The van der Waals surface area contributed by atoms with Crippen molar-refractivity contribution in [2.75, 3.05) is 12.3 Å². The van der Waals surface area contributed by atoms with Crippen LogP contribution in [0, 0.1) is 0 Å². The number of thioether (sulfide) groups is 1. The van der Waals surface area contributed by atoms with Gasteiger partial charge in [0.25, 0.3) is 0 Å². The molecular weight excluding hydrogens is 198 g/mol. The van der Waals surface area contributed by atoms with E-state index >= 15 is 0 Å². The van der Waals surface area contributed by atoms with E-state index in [0.29, 0.717) is 5.65 Å². The van der Waals surface area contributed by atoms with E-state index in [9.17, 15) is 0 Å². The standard InChI is InChI=1S/C8H7N5S/c1-2-14-8(9-1)6-5-7(12-3-10-5)13-4-11-6/h3-4H,1-2H2,(H,10,11,12,13). The van der Waals surface area contributed by atoms with Crippen LogP contribution in [0.3, 0.4) is 0 Å². The van der Waals surface area contributed by atoms with Crippen LogP contribution in [-0.2, 0) is 0 Å². The van der Waals surface area contributed by atoms with Crippen molar-refractivity contribution in [3.63, 3.8) is 0 Å². The molecule has 1 N–H and O–H groups in total. The van der Waals surface area contributed by atoms with E-state index in [1.807, 2.05) is 0 Å². The number of hydrogen-bond acceptors (Lipinski definition) is 5. The molecule has 0 saturated heterocycles. The van der Waals surface area contributed by atoms with Crippen LogP contribution < -0.4 is 0 Å². The Bertz CT molecular complexity index is 503. The molecule has 2 aromatic heterocycles. The van der Waals surface area contributed by atoms with Gasteiger partial charge in [-0.2, -0.15) is 0 Å². The van der Waals surface area contributed by atoms with Crippen LogP contribution in [-0.4, -0.2) is 37.3 Å². The Kier molecular flexibility index (Phi) is 1.73. The predicted molar refractivity (Wildman–Crippen MR) is 55.5 cm³/mol. The van der Waals surface area contributed by atoms with Crippen molar-refractivity contribution in [2.45, 2.75) is 0 Å². The van der Waals surface area contributed by atoms with Crippen LogP contribution in [0.2, 0.25) is 0 Å². The highest BCUT2D eigenvalue weighted by Crippen LogP contribution is 2.21. The molecule has 0 amide bonds. The van der Waals surface area contributed by atoms with Crippen LogP contribution >= 0.6 is 11.8 Å². The van der Waals surface area contributed by atoms with Gasteiger partial charge >= 0.3 is 0 Å². The number of aromatic nitrogens is 4. The van der Waals surface area contributed by atoms with Gasteiger partial charge in [0.05, 0.1) is 6.33 Å². The maximum Gasteiger partial charge on any atom is 0.181 e. The normalized spacial score (nSPS) is 16.1. The molecule has 0 aliphatic carbocycles. The zero-order valence-electron chi connectivity index (χ0n) is 7.27. The van der Waals surface area contributed by atoms with Crippen molar-refractivity contribution in [3.8, 4) is 0 Å². The summed E-state index contributed by atoms with van der Waals surface area (Å²) in [6.07, 6.45) is 3.16. The van der Waals surface area contributed by atoms with Gasteiger partial charge in [-0.15, -0.1) is 11.8 Å². The molecule has 0 atom stereocenters. The summed E-state index contributed by atoms with van der Waals surface area (Å²) in [5, 5.41) is 0.988. The average molecular weight is 205 g/mol. The Morgan fingerprint density at radius 1 is 1.29 bits per heavy atom. The highest BCUT2D eigenvalue weighted by molar-refractivity contribution is 8.14. The first-order valence-electron chi connectivity index (χ1n) is 4.27. The van der Waals surface area contributed by atoms with Gasteiger partial charge in [0, 0.05) is 12.3 Å². The summed E-state index contributed by atoms with van der Waals surface area (Å²) in [5.74, 6) is 1.04. The van der Waals surface area contributed by atoms with Gasteiger partial charge in [-0.3, -0.25) is 4.99 Å². The van der Waals surface area contributed by atoms with Gasteiger partial charge < -0.3 is 4.98 Å². The first kappa shape index (κ1) is 7.93. The van der Waals surface area contributed by atoms with Crippen LogP contribution in [0.15, 0.2) is 17.6 Å². The molecule has 3 rings (SSSR count). The minimum atomic E-state index is 0.699. The van der Waals surface area contributed by atoms with E-state index in [4.69, 9.17) is 0 Å². The molecule has 0 radical (unpaired) electrons. The molecule has 0 bridgehead atoms. The van der Waals surface area contributed by atoms with Crippen LogP contribution in [0.25, 0.3) is 11.2 Å². The van der Waals surface area contributed by atoms with E-state index in [1.165, 1.54) is 6.33 Å². The molecule has 0 fully saturated rings. The molecule has 2 aromatic rings. The van der Waals surface area contributed by atoms with E-state index in [0.717, 1.165) is 28.6 Å². The van der Waals surface area contributed by atoms with E-state index < -0.39 is 0 Å². The van der Waals surface area contributed by atoms with Crippen LogP contribution in [0.4, 0.5) is 0 Å². The fraction of sp³-hybridized carbons (Fsp3) is 0.250. The second-order valence-electron chi connectivity index (χ2n) is 2.86. The molecule has 0 saturated carbocycles. The summed E-state index contributed by atoms with van der Waals surface area (Å²) in [4.78, 5) is 19.8. The molecule has 0 spiro atoms. The number of imidazole rings is 1. The number of aliphatic imine (C=N–C) groups is 1. The number of nitrogens with zero attached hydrogens (tertiary/aromatic N) is 4. The summed E-state index contributed by atoms with van der Waals surface area (Å²) in [7, 11) is 0. The summed E-state index contributed by atoms with van der Waals surface area (Å²) in [5.41, 5.74) is 2.45. The Balaban J connectivity index is 2.24. The smallest absolute Gasteiger partial charge is 0.181 e. The maximum atomic E-state index is 4.38. The minimum Gasteiger partial charge on any atom is -0.341 e. The van der Waals surface area contributed by atoms with E-state index in [1.54, 1.807) is 18.1 Å². The Labute approximate surface area is 84.1 Å². The third-order valence-electron chi connectivity index (χ3n) is 2.01. The largest absolute Gasteiger partial charge is 0.341 e. The van der Waals surface area contributed by atoms with Crippen molar-refractivity contribution in [1.82, 2.24) is 19.9 Å². The molecule has 14 heavy (non-hydrogen) atoms. The maximum absolute atomic E-state index is 4.38. The Morgan fingerprint density at radius 3 is 3.14 bits per heavy atom. The second-order valence-corrected chi connectivity index (χ2v) is 3.94. The van der Waals surface area contributed by atoms with Crippen LogP contribution in [0.5, 0.6) is 0 Å². The third kappa shape index (κ3) is 1.11. The zero-order valence-corrected chi connectivity index (χ0v) is 8.08. The monoisotopic (exact) mass is 205 g/mol. The molecule has 6 heteroatoms. The number of fused-ring (bicyclic) bond motifs is 1. The average Bonchev–Trinajstić information content (AvgIpc) is 2.88. The van der Waals surface area contributed by atoms with Crippen molar-refractivity contribution < 1.29 is 0 Å². The van der Waals surface area contributed by atoms with Gasteiger partial charge in [0.2, 0.25) is 0 Å². The van der Waals surface area contributed by atoms with Crippen molar-refractivity contribution in [2.24, 2.45) is 4.99 Å². The predicted octanol–water partition coefficient (Wildman–Crippen LogP) is 0.846. The van der Waals surface area contributed by atoms with E-state index in [-0.39, 0.29) is 0 Å². The highest BCUT2D eigenvalue weighted by Gasteiger charge is 2.15. The number of hydrogen-bond donors (Lipinski definition) is 1. The summed E-state index contributed by atoms with van der Waals surface area (Å²) in [6.45, 7) is 0.875. The lowest BCUT2D eigenvalue weighted by Gasteiger charge is -1.98. The van der Waals surface area contributed by atoms with Gasteiger partial charge in [-0.25, -0.2) is 15.0 Å². The molecular formula is C8H7N5S. The molecule has 70 valence electrons. The molecule has 3 heterocycles. The summed E-state index contributed by atoms with van der Waals surface area (Å²) in [6, 6.07) is 0. The molecule has 0 unspecified atom stereocenters. The molecule has 1 aliphatic heterocycles. The van der Waals surface area contributed by atoms with Crippen molar-refractivity contribution in [3.05, 3.63) is 18.3 Å². The van der Waals surface area contributed by atoms with Gasteiger partial charge in [-0.05, 0) is 0 Å². The molecule has 1 aliphatic rings. The van der Waals surface area contributed by atoms with Crippen molar-refractivity contribution >= 4 is 28.0 Å². The van der Waals surface area contributed by atoms with Gasteiger partial charge in [-0.1, -0.05) is 0 Å². The Hall–Kier alpha value is -1.43. The lowest BCUT2D eigenvalue weighted by molar-refractivity contribution is 1.16. The summed E-state index contributed by atoms with van der Waals surface area (Å²) < 4.78 is 0. The van der Waals surface area contributed by atoms with Gasteiger partial charge in [0.1, 0.15) is 22.6 Å².